The summed E-state index contributed by atoms with van der Waals surface area (Å²) in [6, 6.07) is 5.48. The molecule has 6 heteroatoms. The Labute approximate surface area is 129 Å². The highest BCUT2D eigenvalue weighted by atomic mass is 16.7. The van der Waals surface area contributed by atoms with Crippen molar-refractivity contribution in [2.75, 3.05) is 7.11 Å². The molecule has 1 aliphatic rings. The molecule has 1 fully saturated rings. The van der Waals surface area contributed by atoms with Gasteiger partial charge in [0.1, 0.15) is 5.75 Å². The fourth-order valence-corrected chi connectivity index (χ4v) is 2.56. The maximum absolute atomic E-state index is 11.9. The molecule has 5 nitrogen and oxygen atoms in total. The molecule has 2 aromatic rings. The number of pyridine rings is 1. The van der Waals surface area contributed by atoms with Gasteiger partial charge < -0.3 is 19.0 Å². The second-order valence-electron chi connectivity index (χ2n) is 6.58. The quantitative estimate of drug-likeness (QED) is 0.860. The molecular formula is C16H20BNO4. The van der Waals surface area contributed by atoms with Crippen LogP contribution in [0.25, 0.3) is 10.8 Å². The van der Waals surface area contributed by atoms with E-state index >= 15 is 0 Å². The van der Waals surface area contributed by atoms with Crippen molar-refractivity contribution < 1.29 is 14.0 Å². The summed E-state index contributed by atoms with van der Waals surface area (Å²) in [5.41, 5.74) is -0.201. The summed E-state index contributed by atoms with van der Waals surface area (Å²) in [7, 11) is 1.05. The monoisotopic (exact) mass is 301 g/mol. The number of ether oxygens (including phenoxy) is 1. The lowest BCUT2D eigenvalue weighted by Gasteiger charge is -2.32. The van der Waals surface area contributed by atoms with Crippen LogP contribution in [0.5, 0.6) is 5.75 Å². The van der Waals surface area contributed by atoms with Crippen molar-refractivity contribution in [2.45, 2.75) is 38.9 Å². The average molecular weight is 301 g/mol. The van der Waals surface area contributed by atoms with E-state index in [4.69, 9.17) is 14.0 Å². The standard InChI is InChI=1S/C16H20BNO4/c1-15(2)16(3,4)22-17(21-15)12-8-10-6-7-18-14(19)11(10)9-13(12)20-5/h6-9H,1-5H3,(H,18,19). The van der Waals surface area contributed by atoms with Gasteiger partial charge in [-0.25, -0.2) is 0 Å². The first-order chi connectivity index (χ1) is 10.2. The Morgan fingerprint density at radius 2 is 1.77 bits per heavy atom. The first-order valence-corrected chi connectivity index (χ1v) is 7.30. The van der Waals surface area contributed by atoms with E-state index in [-0.39, 0.29) is 5.56 Å². The SMILES string of the molecule is COc1cc2c(=O)[nH]ccc2cc1B1OC(C)(C)C(C)(C)O1. The minimum atomic E-state index is -0.524. The van der Waals surface area contributed by atoms with Crippen LogP contribution in [-0.4, -0.2) is 30.4 Å². The van der Waals surface area contributed by atoms with E-state index in [9.17, 15) is 4.79 Å². The molecule has 0 radical (unpaired) electrons. The molecule has 1 aromatic heterocycles. The molecule has 0 spiro atoms. The predicted molar refractivity (Wildman–Crippen MR) is 86.8 cm³/mol. The van der Waals surface area contributed by atoms with Crippen molar-refractivity contribution in [3.8, 4) is 5.75 Å². The third-order valence-electron chi connectivity index (χ3n) is 4.63. The number of benzene rings is 1. The zero-order chi connectivity index (χ0) is 16.1. The Hall–Kier alpha value is -1.79. The van der Waals surface area contributed by atoms with Crippen LogP contribution in [0.1, 0.15) is 27.7 Å². The number of hydrogen-bond donors (Lipinski definition) is 1. The van der Waals surface area contributed by atoms with Gasteiger partial charge in [0.2, 0.25) is 0 Å². The number of H-pyrrole nitrogens is 1. The summed E-state index contributed by atoms with van der Waals surface area (Å²) >= 11 is 0. The fourth-order valence-electron chi connectivity index (χ4n) is 2.56. The molecule has 1 aromatic carbocycles. The van der Waals surface area contributed by atoms with E-state index in [1.165, 1.54) is 0 Å². The van der Waals surface area contributed by atoms with E-state index in [1.807, 2.05) is 39.8 Å². The summed E-state index contributed by atoms with van der Waals surface area (Å²) in [4.78, 5) is 14.6. The van der Waals surface area contributed by atoms with Gasteiger partial charge >= 0.3 is 7.12 Å². The first-order valence-electron chi connectivity index (χ1n) is 7.30. The minimum absolute atomic E-state index is 0.142. The molecule has 2 heterocycles. The molecule has 0 atom stereocenters. The van der Waals surface area contributed by atoms with Crippen LogP contribution < -0.4 is 15.8 Å². The summed E-state index contributed by atoms with van der Waals surface area (Å²) in [6.45, 7) is 8.02. The second kappa shape index (κ2) is 4.86. The second-order valence-corrected chi connectivity index (χ2v) is 6.58. The van der Waals surface area contributed by atoms with Gasteiger partial charge in [-0.1, -0.05) is 6.07 Å². The molecule has 1 N–H and O–H groups in total. The first kappa shape index (κ1) is 15.1. The van der Waals surface area contributed by atoms with E-state index in [0.717, 1.165) is 10.8 Å². The van der Waals surface area contributed by atoms with Gasteiger partial charge in [-0.15, -0.1) is 0 Å². The molecule has 0 unspecified atom stereocenters. The number of aromatic nitrogens is 1. The summed E-state index contributed by atoms with van der Waals surface area (Å²) in [6.07, 6.45) is 1.63. The Morgan fingerprint density at radius 3 is 2.36 bits per heavy atom. The molecule has 0 saturated carbocycles. The van der Waals surface area contributed by atoms with E-state index in [0.29, 0.717) is 11.1 Å². The molecule has 22 heavy (non-hydrogen) atoms. The van der Waals surface area contributed by atoms with Crippen LogP contribution >= 0.6 is 0 Å². The summed E-state index contributed by atoms with van der Waals surface area (Å²) in [5.74, 6) is 0.586. The number of methoxy groups -OCH3 is 1. The highest BCUT2D eigenvalue weighted by Gasteiger charge is 2.52. The molecule has 0 bridgehead atoms. The van der Waals surface area contributed by atoms with Crippen LogP contribution in [0.15, 0.2) is 29.2 Å². The highest BCUT2D eigenvalue weighted by Crippen LogP contribution is 2.37. The van der Waals surface area contributed by atoms with Gasteiger partial charge in [0.25, 0.3) is 5.56 Å². The Balaban J connectivity index is 2.14. The predicted octanol–water partition coefficient (Wildman–Crippen LogP) is 1.84. The van der Waals surface area contributed by atoms with E-state index in [2.05, 4.69) is 4.98 Å². The van der Waals surface area contributed by atoms with Crippen LogP contribution in [0, 0.1) is 0 Å². The number of fused-ring (bicyclic) bond motifs is 1. The van der Waals surface area contributed by atoms with Crippen LogP contribution in [0.4, 0.5) is 0 Å². The molecular weight excluding hydrogens is 281 g/mol. The zero-order valence-electron chi connectivity index (χ0n) is 13.5. The molecule has 1 saturated heterocycles. The van der Waals surface area contributed by atoms with Gasteiger partial charge in [0.15, 0.2) is 0 Å². The minimum Gasteiger partial charge on any atom is -0.497 e. The van der Waals surface area contributed by atoms with Gasteiger partial charge in [0, 0.05) is 11.7 Å². The fraction of sp³-hybridized carbons (Fsp3) is 0.438. The lowest BCUT2D eigenvalue weighted by Crippen LogP contribution is -2.41. The smallest absolute Gasteiger partial charge is 0.497 e. The lowest BCUT2D eigenvalue weighted by molar-refractivity contribution is 0.00578. The highest BCUT2D eigenvalue weighted by molar-refractivity contribution is 6.63. The molecule has 0 aliphatic carbocycles. The Bertz CT molecular complexity index is 765. The Kier molecular flexibility index (Phi) is 3.34. The van der Waals surface area contributed by atoms with Crippen LogP contribution in [-0.2, 0) is 9.31 Å². The van der Waals surface area contributed by atoms with Gasteiger partial charge in [0.05, 0.1) is 23.7 Å². The molecule has 0 amide bonds. The number of nitrogens with one attached hydrogen (secondary N) is 1. The normalized spacial score (nSPS) is 19.6. The molecule has 116 valence electrons. The van der Waals surface area contributed by atoms with Crippen molar-refractivity contribution in [3.05, 3.63) is 34.7 Å². The largest absolute Gasteiger partial charge is 0.498 e. The van der Waals surface area contributed by atoms with Crippen LogP contribution in [0.2, 0.25) is 0 Å². The third-order valence-corrected chi connectivity index (χ3v) is 4.63. The molecule has 1 aliphatic heterocycles. The van der Waals surface area contributed by atoms with Crippen molar-refractivity contribution in [2.24, 2.45) is 0 Å². The third kappa shape index (κ3) is 2.23. The average Bonchev–Trinajstić information content (AvgIpc) is 2.66. The summed E-state index contributed by atoms with van der Waals surface area (Å²) < 4.78 is 17.6. The van der Waals surface area contributed by atoms with Crippen LogP contribution in [0.3, 0.4) is 0 Å². The van der Waals surface area contributed by atoms with Crippen molar-refractivity contribution in [1.82, 2.24) is 4.98 Å². The van der Waals surface area contributed by atoms with E-state index < -0.39 is 18.3 Å². The lowest BCUT2D eigenvalue weighted by atomic mass is 9.77. The maximum Gasteiger partial charge on any atom is 0.498 e. The zero-order valence-corrected chi connectivity index (χ0v) is 13.5. The summed E-state index contributed by atoms with van der Waals surface area (Å²) in [5, 5.41) is 1.41. The van der Waals surface area contributed by atoms with Gasteiger partial charge in [-0.3, -0.25) is 4.79 Å². The number of hydrogen-bond acceptors (Lipinski definition) is 4. The van der Waals surface area contributed by atoms with Crippen molar-refractivity contribution in [1.29, 1.82) is 0 Å². The topological polar surface area (TPSA) is 60.6 Å². The maximum atomic E-state index is 11.9. The van der Waals surface area contributed by atoms with Gasteiger partial charge in [-0.05, 0) is 45.2 Å². The number of aromatic amines is 1. The van der Waals surface area contributed by atoms with E-state index in [1.54, 1.807) is 19.4 Å². The Morgan fingerprint density at radius 1 is 1.14 bits per heavy atom. The molecule has 3 rings (SSSR count). The van der Waals surface area contributed by atoms with Crippen molar-refractivity contribution >= 4 is 23.4 Å². The van der Waals surface area contributed by atoms with Gasteiger partial charge in [-0.2, -0.15) is 0 Å². The van der Waals surface area contributed by atoms with Crippen molar-refractivity contribution in [3.63, 3.8) is 0 Å². The number of rotatable bonds is 2.